The van der Waals surface area contributed by atoms with Gasteiger partial charge in [-0.15, -0.1) is 11.8 Å². The molecule has 1 aliphatic rings. The van der Waals surface area contributed by atoms with E-state index >= 15 is 0 Å². The van der Waals surface area contributed by atoms with E-state index in [4.69, 9.17) is 0 Å². The third-order valence-electron chi connectivity index (χ3n) is 2.79. The number of thioether (sulfide) groups is 1. The number of benzene rings is 1. The Morgan fingerprint density at radius 3 is 2.62 bits per heavy atom. The molecular formula is C13H14O2S. The molecule has 0 N–H and O–H groups in total. The van der Waals surface area contributed by atoms with Crippen LogP contribution in [0, 0.1) is 0 Å². The number of carbonyl (C=O) groups excluding carboxylic acids is 2. The Morgan fingerprint density at radius 1 is 1.38 bits per heavy atom. The molecule has 0 saturated carbocycles. The molecule has 0 aliphatic carbocycles. The average molecular weight is 234 g/mol. The summed E-state index contributed by atoms with van der Waals surface area (Å²) in [7, 11) is 0. The molecule has 84 valence electrons. The molecule has 16 heavy (non-hydrogen) atoms. The van der Waals surface area contributed by atoms with Crippen LogP contribution in [0.4, 0.5) is 0 Å². The Morgan fingerprint density at radius 2 is 2.06 bits per heavy atom. The first-order valence-electron chi connectivity index (χ1n) is 5.43. The van der Waals surface area contributed by atoms with Gasteiger partial charge in [0.2, 0.25) is 0 Å². The SMILES string of the molecule is CC1SC(CC(=O)c2ccccc2)CC1=O. The molecular weight excluding hydrogens is 220 g/mol. The van der Waals surface area contributed by atoms with Crippen molar-refractivity contribution in [1.82, 2.24) is 0 Å². The van der Waals surface area contributed by atoms with E-state index < -0.39 is 0 Å². The van der Waals surface area contributed by atoms with Gasteiger partial charge in [-0.25, -0.2) is 0 Å². The molecule has 1 aromatic rings. The number of Topliss-reactive ketones (excluding diaryl/α,β-unsaturated/α-hetero) is 2. The van der Waals surface area contributed by atoms with Gasteiger partial charge in [-0.05, 0) is 6.92 Å². The zero-order valence-electron chi connectivity index (χ0n) is 9.18. The van der Waals surface area contributed by atoms with E-state index in [9.17, 15) is 9.59 Å². The highest BCUT2D eigenvalue weighted by Gasteiger charge is 2.31. The Balaban J connectivity index is 1.97. The van der Waals surface area contributed by atoms with Crippen molar-refractivity contribution in [3.8, 4) is 0 Å². The van der Waals surface area contributed by atoms with Crippen molar-refractivity contribution in [1.29, 1.82) is 0 Å². The van der Waals surface area contributed by atoms with Gasteiger partial charge in [-0.1, -0.05) is 30.3 Å². The standard InChI is InChI=1S/C13H14O2S/c1-9-12(14)7-11(16-9)8-13(15)10-5-3-2-4-6-10/h2-6,9,11H,7-8H2,1H3. The lowest BCUT2D eigenvalue weighted by Gasteiger charge is -2.06. The minimum absolute atomic E-state index is 0.0635. The molecule has 1 aromatic carbocycles. The Hall–Kier alpha value is -1.09. The van der Waals surface area contributed by atoms with Crippen LogP contribution in [-0.2, 0) is 4.79 Å². The molecule has 2 nitrogen and oxygen atoms in total. The van der Waals surface area contributed by atoms with Crippen molar-refractivity contribution in [2.24, 2.45) is 0 Å². The molecule has 2 atom stereocenters. The van der Waals surface area contributed by atoms with E-state index in [-0.39, 0.29) is 22.1 Å². The number of ketones is 2. The molecule has 1 fully saturated rings. The van der Waals surface area contributed by atoms with Gasteiger partial charge in [-0.2, -0.15) is 0 Å². The lowest BCUT2D eigenvalue weighted by atomic mass is 10.0. The summed E-state index contributed by atoms with van der Waals surface area (Å²) in [6.07, 6.45) is 1.02. The van der Waals surface area contributed by atoms with Crippen LogP contribution in [0.2, 0.25) is 0 Å². The summed E-state index contributed by atoms with van der Waals surface area (Å²) < 4.78 is 0. The Bertz CT molecular complexity index is 400. The second kappa shape index (κ2) is 4.83. The van der Waals surface area contributed by atoms with Crippen LogP contribution < -0.4 is 0 Å². The van der Waals surface area contributed by atoms with Crippen molar-refractivity contribution in [3.05, 3.63) is 35.9 Å². The van der Waals surface area contributed by atoms with E-state index in [2.05, 4.69) is 0 Å². The lowest BCUT2D eigenvalue weighted by Crippen LogP contribution is -2.09. The maximum absolute atomic E-state index is 11.9. The number of hydrogen-bond acceptors (Lipinski definition) is 3. The van der Waals surface area contributed by atoms with Crippen molar-refractivity contribution < 1.29 is 9.59 Å². The predicted molar refractivity (Wildman–Crippen MR) is 65.9 cm³/mol. The summed E-state index contributed by atoms with van der Waals surface area (Å²) in [5, 5.41) is 0.240. The van der Waals surface area contributed by atoms with Gasteiger partial charge in [0.15, 0.2) is 5.78 Å². The summed E-state index contributed by atoms with van der Waals surface area (Å²) >= 11 is 1.63. The lowest BCUT2D eigenvalue weighted by molar-refractivity contribution is -0.117. The molecule has 1 aliphatic heterocycles. The molecule has 2 unspecified atom stereocenters. The van der Waals surface area contributed by atoms with Crippen LogP contribution in [-0.4, -0.2) is 22.1 Å². The first kappa shape index (κ1) is 11.4. The maximum Gasteiger partial charge on any atom is 0.163 e. The fourth-order valence-corrected chi connectivity index (χ4v) is 3.21. The average Bonchev–Trinajstić information content (AvgIpc) is 2.59. The van der Waals surface area contributed by atoms with Gasteiger partial charge in [0.05, 0.1) is 5.25 Å². The van der Waals surface area contributed by atoms with Gasteiger partial charge < -0.3 is 0 Å². The minimum atomic E-state index is 0.0635. The Kier molecular flexibility index (Phi) is 3.44. The zero-order valence-corrected chi connectivity index (χ0v) is 10.00. The summed E-state index contributed by atoms with van der Waals surface area (Å²) in [5.41, 5.74) is 0.745. The largest absolute Gasteiger partial charge is 0.298 e. The van der Waals surface area contributed by atoms with Crippen LogP contribution in [0.25, 0.3) is 0 Å². The van der Waals surface area contributed by atoms with E-state index in [1.165, 1.54) is 0 Å². The van der Waals surface area contributed by atoms with Crippen molar-refractivity contribution in [3.63, 3.8) is 0 Å². The van der Waals surface area contributed by atoms with Crippen molar-refractivity contribution >= 4 is 23.3 Å². The van der Waals surface area contributed by atoms with Crippen LogP contribution in [0.1, 0.15) is 30.1 Å². The predicted octanol–water partition coefficient (Wildman–Crippen LogP) is 2.72. The van der Waals surface area contributed by atoms with E-state index in [1.807, 2.05) is 37.3 Å². The fourth-order valence-electron chi connectivity index (χ4n) is 1.87. The molecule has 1 heterocycles. The quantitative estimate of drug-likeness (QED) is 0.754. The second-order valence-electron chi connectivity index (χ2n) is 4.06. The number of hydrogen-bond donors (Lipinski definition) is 0. The second-order valence-corrected chi connectivity index (χ2v) is 5.71. The summed E-state index contributed by atoms with van der Waals surface area (Å²) in [4.78, 5) is 23.3. The topological polar surface area (TPSA) is 34.1 Å². The van der Waals surface area contributed by atoms with Gasteiger partial charge >= 0.3 is 0 Å². The molecule has 2 rings (SSSR count). The normalized spacial score (nSPS) is 24.7. The number of rotatable bonds is 3. The van der Waals surface area contributed by atoms with E-state index in [0.29, 0.717) is 12.8 Å². The van der Waals surface area contributed by atoms with Crippen molar-refractivity contribution in [2.45, 2.75) is 30.3 Å². The fraction of sp³-hybridized carbons (Fsp3) is 0.385. The third-order valence-corrected chi connectivity index (χ3v) is 4.18. The molecule has 3 heteroatoms. The first-order valence-corrected chi connectivity index (χ1v) is 6.37. The smallest absolute Gasteiger partial charge is 0.163 e. The van der Waals surface area contributed by atoms with Crippen LogP contribution in [0.15, 0.2) is 30.3 Å². The highest BCUT2D eigenvalue weighted by atomic mass is 32.2. The van der Waals surface area contributed by atoms with Gasteiger partial charge in [0.25, 0.3) is 0 Å². The Labute approximate surface area is 99.4 Å². The molecule has 0 radical (unpaired) electrons. The first-order chi connectivity index (χ1) is 7.66. The molecule has 1 saturated heterocycles. The van der Waals surface area contributed by atoms with Crippen LogP contribution in [0.5, 0.6) is 0 Å². The summed E-state index contributed by atoms with van der Waals surface area (Å²) in [5.74, 6) is 0.413. The maximum atomic E-state index is 11.9. The van der Waals surface area contributed by atoms with E-state index in [1.54, 1.807) is 11.8 Å². The highest BCUT2D eigenvalue weighted by Crippen LogP contribution is 2.33. The monoisotopic (exact) mass is 234 g/mol. The van der Waals surface area contributed by atoms with Crippen LogP contribution in [0.3, 0.4) is 0 Å². The summed E-state index contributed by atoms with van der Waals surface area (Å²) in [6, 6.07) is 9.28. The highest BCUT2D eigenvalue weighted by molar-refractivity contribution is 8.01. The summed E-state index contributed by atoms with van der Waals surface area (Å²) in [6.45, 7) is 1.92. The number of carbonyl (C=O) groups is 2. The van der Waals surface area contributed by atoms with E-state index in [0.717, 1.165) is 5.56 Å². The molecule has 0 spiro atoms. The van der Waals surface area contributed by atoms with Crippen molar-refractivity contribution in [2.75, 3.05) is 0 Å². The van der Waals surface area contributed by atoms with Gasteiger partial charge in [0, 0.05) is 23.7 Å². The molecule has 0 aromatic heterocycles. The third kappa shape index (κ3) is 2.53. The molecule has 0 bridgehead atoms. The minimum Gasteiger partial charge on any atom is -0.298 e. The molecule has 0 amide bonds. The van der Waals surface area contributed by atoms with Gasteiger partial charge in [0.1, 0.15) is 5.78 Å². The zero-order chi connectivity index (χ0) is 11.5. The van der Waals surface area contributed by atoms with Crippen LogP contribution >= 0.6 is 11.8 Å². The van der Waals surface area contributed by atoms with Gasteiger partial charge in [-0.3, -0.25) is 9.59 Å².